The summed E-state index contributed by atoms with van der Waals surface area (Å²) in [4.78, 5) is 21.4. The average molecular weight is 355 g/mol. The normalized spacial score (nSPS) is 11.0. The Balaban J connectivity index is 1.57. The predicted octanol–water partition coefficient (Wildman–Crippen LogP) is 4.80. The minimum atomic E-state index is -0.0876. The van der Waals surface area contributed by atoms with Crippen molar-refractivity contribution in [2.24, 2.45) is 0 Å². The van der Waals surface area contributed by atoms with Gasteiger partial charge in [0.05, 0.1) is 6.20 Å². The van der Waals surface area contributed by atoms with Crippen LogP contribution in [0.15, 0.2) is 41.1 Å². The maximum atomic E-state index is 12.0. The molecule has 0 saturated heterocycles. The Labute approximate surface area is 151 Å². The van der Waals surface area contributed by atoms with E-state index in [9.17, 15) is 4.79 Å². The highest BCUT2D eigenvalue weighted by atomic mass is 32.1. The Hall–Kier alpha value is -2.47. The number of benzene rings is 1. The molecule has 130 valence electrons. The zero-order chi connectivity index (χ0) is 17.8. The zero-order valence-electron chi connectivity index (χ0n) is 14.6. The van der Waals surface area contributed by atoms with Crippen LogP contribution in [-0.4, -0.2) is 15.9 Å². The largest absolute Gasteiger partial charge is 0.441 e. The van der Waals surface area contributed by atoms with Gasteiger partial charge in [0, 0.05) is 29.5 Å². The number of oxazole rings is 1. The van der Waals surface area contributed by atoms with Crippen molar-refractivity contribution in [3.63, 3.8) is 0 Å². The average Bonchev–Trinajstić information content (AvgIpc) is 3.22. The molecule has 0 spiro atoms. The molecule has 6 heteroatoms. The van der Waals surface area contributed by atoms with Crippen molar-refractivity contribution in [1.82, 2.24) is 9.97 Å². The Morgan fingerprint density at radius 2 is 1.96 bits per heavy atom. The number of nitrogens with one attached hydrogen (secondary N) is 1. The second kappa shape index (κ2) is 7.61. The number of carbonyl (C=O) groups excluding carboxylic acids is 1. The lowest BCUT2D eigenvalue weighted by Gasteiger charge is -2.05. The smallest absolute Gasteiger partial charge is 0.226 e. The van der Waals surface area contributed by atoms with E-state index in [4.69, 9.17) is 4.42 Å². The van der Waals surface area contributed by atoms with E-state index in [0.717, 1.165) is 16.2 Å². The maximum Gasteiger partial charge on any atom is 0.226 e. The third-order valence-corrected chi connectivity index (χ3v) is 4.68. The Morgan fingerprint density at radius 1 is 1.20 bits per heavy atom. The van der Waals surface area contributed by atoms with Gasteiger partial charge in [0.15, 0.2) is 16.8 Å². The van der Waals surface area contributed by atoms with Gasteiger partial charge in [-0.25, -0.2) is 9.97 Å². The monoisotopic (exact) mass is 355 g/mol. The summed E-state index contributed by atoms with van der Waals surface area (Å²) in [5.74, 6) is 1.70. The van der Waals surface area contributed by atoms with Crippen LogP contribution in [0.25, 0.3) is 11.3 Å². The van der Waals surface area contributed by atoms with Crippen LogP contribution < -0.4 is 5.32 Å². The predicted molar refractivity (Wildman–Crippen MR) is 99.8 cm³/mol. The topological polar surface area (TPSA) is 68.0 Å². The summed E-state index contributed by atoms with van der Waals surface area (Å²) in [7, 11) is 0. The van der Waals surface area contributed by atoms with Gasteiger partial charge in [-0.1, -0.05) is 38.1 Å². The van der Waals surface area contributed by atoms with E-state index in [-0.39, 0.29) is 5.91 Å². The van der Waals surface area contributed by atoms with Crippen molar-refractivity contribution in [2.45, 2.75) is 39.5 Å². The molecule has 2 aromatic heterocycles. The molecule has 25 heavy (non-hydrogen) atoms. The Morgan fingerprint density at radius 3 is 2.60 bits per heavy atom. The minimum absolute atomic E-state index is 0.0876. The quantitative estimate of drug-likeness (QED) is 0.689. The van der Waals surface area contributed by atoms with Crippen molar-refractivity contribution in [1.29, 1.82) is 0 Å². The molecule has 5 nitrogen and oxygen atoms in total. The molecular weight excluding hydrogens is 334 g/mol. The fraction of sp³-hybridized carbons (Fsp3) is 0.316. The number of hydrogen-bond acceptors (Lipinski definition) is 5. The highest BCUT2D eigenvalue weighted by Crippen LogP contribution is 2.24. The maximum absolute atomic E-state index is 12.0. The fourth-order valence-corrected chi connectivity index (χ4v) is 3.09. The van der Waals surface area contributed by atoms with Gasteiger partial charge in [-0.15, -0.1) is 11.3 Å². The van der Waals surface area contributed by atoms with Crippen molar-refractivity contribution in [2.75, 3.05) is 5.32 Å². The highest BCUT2D eigenvalue weighted by molar-refractivity contribution is 7.15. The Bertz CT molecular complexity index is 850. The molecule has 1 aromatic carbocycles. The lowest BCUT2D eigenvalue weighted by atomic mass is 10.0. The second-order valence-electron chi connectivity index (χ2n) is 6.22. The molecule has 0 aliphatic heterocycles. The molecule has 0 saturated carbocycles. The minimum Gasteiger partial charge on any atom is -0.441 e. The molecule has 3 aromatic rings. The molecule has 0 atom stereocenters. The number of hydrogen-bond donors (Lipinski definition) is 1. The van der Waals surface area contributed by atoms with E-state index in [1.807, 2.05) is 19.1 Å². The molecule has 1 N–H and O–H groups in total. The summed E-state index contributed by atoms with van der Waals surface area (Å²) in [6.07, 6.45) is 4.22. The van der Waals surface area contributed by atoms with Crippen LogP contribution >= 0.6 is 11.3 Å². The van der Waals surface area contributed by atoms with E-state index in [0.29, 0.717) is 29.8 Å². The third-order valence-electron chi connectivity index (χ3n) is 3.85. The summed E-state index contributed by atoms with van der Waals surface area (Å²) in [6.45, 7) is 6.29. The molecule has 0 radical (unpaired) electrons. The number of nitrogens with zero attached hydrogens (tertiary/aromatic N) is 2. The lowest BCUT2D eigenvalue weighted by molar-refractivity contribution is -0.116. The van der Waals surface area contributed by atoms with Crippen molar-refractivity contribution >= 4 is 22.4 Å². The molecule has 3 rings (SSSR count). The summed E-state index contributed by atoms with van der Waals surface area (Å²) in [5, 5.41) is 3.41. The Kier molecular flexibility index (Phi) is 5.28. The molecular formula is C19H21N3O2S. The van der Waals surface area contributed by atoms with Gasteiger partial charge in [0.2, 0.25) is 5.91 Å². The van der Waals surface area contributed by atoms with Crippen LogP contribution in [0.1, 0.15) is 42.5 Å². The van der Waals surface area contributed by atoms with Gasteiger partial charge in [0.1, 0.15) is 0 Å². The van der Waals surface area contributed by atoms with Gasteiger partial charge < -0.3 is 9.73 Å². The molecule has 0 fully saturated rings. The molecule has 1 amide bonds. The van der Waals surface area contributed by atoms with Crippen LogP contribution in [0.3, 0.4) is 0 Å². The molecule has 0 unspecified atom stereocenters. The van der Waals surface area contributed by atoms with Crippen LogP contribution in [-0.2, 0) is 11.2 Å². The van der Waals surface area contributed by atoms with E-state index in [1.54, 1.807) is 12.4 Å². The first-order chi connectivity index (χ1) is 12.0. The van der Waals surface area contributed by atoms with E-state index < -0.39 is 0 Å². The van der Waals surface area contributed by atoms with Gasteiger partial charge in [0.25, 0.3) is 0 Å². The first-order valence-electron chi connectivity index (χ1n) is 8.28. The number of rotatable bonds is 6. The number of amides is 1. The fourth-order valence-electron chi connectivity index (χ4n) is 2.41. The van der Waals surface area contributed by atoms with Gasteiger partial charge >= 0.3 is 0 Å². The van der Waals surface area contributed by atoms with Crippen LogP contribution in [0.2, 0.25) is 0 Å². The van der Waals surface area contributed by atoms with Crippen LogP contribution in [0.5, 0.6) is 0 Å². The highest BCUT2D eigenvalue weighted by Gasteiger charge is 2.11. The molecule has 0 aliphatic rings. The summed E-state index contributed by atoms with van der Waals surface area (Å²) < 4.78 is 5.77. The second-order valence-corrected chi connectivity index (χ2v) is 7.45. The molecule has 0 aliphatic carbocycles. The van der Waals surface area contributed by atoms with Crippen molar-refractivity contribution in [3.05, 3.63) is 53.0 Å². The van der Waals surface area contributed by atoms with Crippen molar-refractivity contribution in [3.8, 4) is 11.3 Å². The van der Waals surface area contributed by atoms with Gasteiger partial charge in [-0.05, 0) is 18.4 Å². The van der Waals surface area contributed by atoms with Crippen molar-refractivity contribution < 1.29 is 9.21 Å². The van der Waals surface area contributed by atoms with Crippen LogP contribution in [0.4, 0.5) is 5.13 Å². The van der Waals surface area contributed by atoms with E-state index in [2.05, 4.69) is 41.3 Å². The summed E-state index contributed by atoms with van der Waals surface area (Å²) >= 11 is 1.46. The summed E-state index contributed by atoms with van der Waals surface area (Å²) in [5.41, 5.74) is 2.28. The lowest BCUT2D eigenvalue weighted by Crippen LogP contribution is -2.12. The third kappa shape index (κ3) is 4.54. The molecule has 0 bridgehead atoms. The SMILES string of the molecule is Cc1cnc(NC(=O)CCc2ncc(-c3ccc(C(C)C)cc3)o2)s1. The van der Waals surface area contributed by atoms with Gasteiger partial charge in [-0.3, -0.25) is 4.79 Å². The summed E-state index contributed by atoms with van der Waals surface area (Å²) in [6, 6.07) is 8.28. The zero-order valence-corrected chi connectivity index (χ0v) is 15.4. The molecule has 2 heterocycles. The number of thiazole rings is 1. The first-order valence-corrected chi connectivity index (χ1v) is 9.10. The van der Waals surface area contributed by atoms with Gasteiger partial charge in [-0.2, -0.15) is 0 Å². The number of aromatic nitrogens is 2. The standard InChI is InChI=1S/C19H21N3O2S/c1-12(2)14-4-6-15(7-5-14)16-11-20-18(24-16)9-8-17(23)22-19-21-10-13(3)25-19/h4-7,10-12H,8-9H2,1-3H3,(H,21,22,23). The van der Waals surface area contributed by atoms with Crippen LogP contribution in [0, 0.1) is 6.92 Å². The first kappa shape index (κ1) is 17.4. The number of carbonyl (C=O) groups is 1. The number of aryl methyl sites for hydroxylation is 2. The number of anilines is 1. The van der Waals surface area contributed by atoms with E-state index >= 15 is 0 Å². The van der Waals surface area contributed by atoms with E-state index in [1.165, 1.54) is 16.9 Å².